The van der Waals surface area contributed by atoms with Crippen molar-refractivity contribution in [3.63, 3.8) is 0 Å². The van der Waals surface area contributed by atoms with Crippen molar-refractivity contribution in [2.75, 3.05) is 17.1 Å². The number of aryl methyl sites for hydroxylation is 4. The van der Waals surface area contributed by atoms with Gasteiger partial charge in [-0.1, -0.05) is 35.9 Å². The summed E-state index contributed by atoms with van der Waals surface area (Å²) in [6.07, 6.45) is 2.66. The third kappa shape index (κ3) is 5.51. The summed E-state index contributed by atoms with van der Waals surface area (Å²) in [7, 11) is -3.63. The fourth-order valence-electron chi connectivity index (χ4n) is 3.87. The minimum atomic E-state index is -3.63. The molecule has 0 saturated carbocycles. The van der Waals surface area contributed by atoms with E-state index in [-0.39, 0.29) is 6.54 Å². The topological polar surface area (TPSA) is 83.8 Å². The van der Waals surface area contributed by atoms with Crippen molar-refractivity contribution in [1.82, 2.24) is 9.99 Å². The SMILES string of the molecule is Cc1ccc(N(CC(=O)N/N=C\c2cc(C)n(-c3c(C)cccc3C)c2C)S(C)(=O)=O)cc1. The second-order valence-electron chi connectivity index (χ2n) is 8.30. The van der Waals surface area contributed by atoms with Crippen LogP contribution in [0.15, 0.2) is 53.6 Å². The van der Waals surface area contributed by atoms with Crippen LogP contribution < -0.4 is 9.73 Å². The van der Waals surface area contributed by atoms with Crippen LogP contribution in [0.1, 0.15) is 33.6 Å². The van der Waals surface area contributed by atoms with Crippen LogP contribution >= 0.6 is 0 Å². The third-order valence-corrected chi connectivity index (χ3v) is 6.68. The molecule has 0 saturated heterocycles. The molecule has 3 aromatic rings. The summed E-state index contributed by atoms with van der Waals surface area (Å²) >= 11 is 0. The van der Waals surface area contributed by atoms with Gasteiger partial charge in [0.05, 0.1) is 23.8 Å². The van der Waals surface area contributed by atoms with E-state index in [0.717, 1.165) is 38.8 Å². The van der Waals surface area contributed by atoms with Gasteiger partial charge >= 0.3 is 0 Å². The number of sulfonamides is 1. The molecule has 0 spiro atoms. The predicted octanol–water partition coefficient (Wildman–Crippen LogP) is 3.94. The number of carbonyl (C=O) groups is 1. The maximum atomic E-state index is 12.5. The normalized spacial score (nSPS) is 11.7. The Morgan fingerprint density at radius 3 is 2.21 bits per heavy atom. The van der Waals surface area contributed by atoms with Crippen molar-refractivity contribution in [1.29, 1.82) is 0 Å². The molecule has 0 atom stereocenters. The van der Waals surface area contributed by atoms with Crippen molar-refractivity contribution < 1.29 is 13.2 Å². The van der Waals surface area contributed by atoms with Crippen LogP contribution in [-0.4, -0.2) is 37.9 Å². The zero-order valence-electron chi connectivity index (χ0n) is 19.9. The van der Waals surface area contributed by atoms with E-state index in [1.807, 2.05) is 32.9 Å². The molecule has 1 heterocycles. The van der Waals surface area contributed by atoms with Gasteiger partial charge in [-0.3, -0.25) is 9.10 Å². The van der Waals surface area contributed by atoms with Crippen LogP contribution in [0.2, 0.25) is 0 Å². The Labute approximate surface area is 195 Å². The van der Waals surface area contributed by atoms with E-state index in [2.05, 4.69) is 41.1 Å². The molecule has 0 fully saturated rings. The van der Waals surface area contributed by atoms with E-state index in [9.17, 15) is 13.2 Å². The Morgan fingerprint density at radius 1 is 1.03 bits per heavy atom. The largest absolute Gasteiger partial charge is 0.317 e. The average molecular weight is 467 g/mol. The number of hydrogen-bond donors (Lipinski definition) is 1. The standard InChI is InChI=1S/C25H30N4O3S/c1-17-10-12-23(13-11-17)28(33(6,31)32)16-24(30)27-26-15-22-14-20(4)29(21(22)5)25-18(2)8-7-9-19(25)3/h7-15H,16H2,1-6H3,(H,27,30)/b26-15-. The average Bonchev–Trinajstić information content (AvgIpc) is 3.00. The molecule has 33 heavy (non-hydrogen) atoms. The highest BCUT2D eigenvalue weighted by Crippen LogP contribution is 2.25. The molecule has 1 N–H and O–H groups in total. The number of carbonyl (C=O) groups excluding carboxylic acids is 1. The van der Waals surface area contributed by atoms with Gasteiger partial charge in [0.25, 0.3) is 5.91 Å². The molecule has 0 aliphatic carbocycles. The number of nitrogens with zero attached hydrogens (tertiary/aromatic N) is 3. The van der Waals surface area contributed by atoms with Crippen molar-refractivity contribution >= 4 is 27.8 Å². The number of nitrogens with one attached hydrogen (secondary N) is 1. The van der Waals surface area contributed by atoms with Gasteiger partial charge in [0.15, 0.2) is 0 Å². The molecule has 0 radical (unpaired) electrons. The molecule has 0 unspecified atom stereocenters. The Hall–Kier alpha value is -3.39. The predicted molar refractivity (Wildman–Crippen MR) is 134 cm³/mol. The number of hydrazone groups is 1. The molecule has 1 amide bonds. The minimum absolute atomic E-state index is 0.360. The van der Waals surface area contributed by atoms with E-state index >= 15 is 0 Å². The minimum Gasteiger partial charge on any atom is -0.317 e. The van der Waals surface area contributed by atoms with Gasteiger partial charge < -0.3 is 4.57 Å². The van der Waals surface area contributed by atoms with Crippen molar-refractivity contribution in [2.24, 2.45) is 5.10 Å². The number of para-hydroxylation sites is 1. The fraction of sp³-hybridized carbons (Fsp3) is 0.280. The van der Waals surface area contributed by atoms with Gasteiger partial charge in [-0.05, 0) is 63.9 Å². The van der Waals surface area contributed by atoms with Crippen LogP contribution in [0.5, 0.6) is 0 Å². The van der Waals surface area contributed by atoms with Crippen molar-refractivity contribution in [3.05, 3.63) is 82.2 Å². The Morgan fingerprint density at radius 2 is 1.64 bits per heavy atom. The van der Waals surface area contributed by atoms with Gasteiger partial charge in [-0.2, -0.15) is 5.10 Å². The Kier molecular flexibility index (Phi) is 7.07. The molecule has 0 aliphatic rings. The lowest BCUT2D eigenvalue weighted by Gasteiger charge is -2.21. The summed E-state index contributed by atoms with van der Waals surface area (Å²) in [5.74, 6) is -0.527. The quantitative estimate of drug-likeness (QED) is 0.423. The summed E-state index contributed by atoms with van der Waals surface area (Å²) in [6.45, 7) is 9.74. The summed E-state index contributed by atoms with van der Waals surface area (Å²) < 4.78 is 27.7. The van der Waals surface area contributed by atoms with Crippen LogP contribution in [0.4, 0.5) is 5.69 Å². The fourth-order valence-corrected chi connectivity index (χ4v) is 4.73. The first-order valence-corrected chi connectivity index (χ1v) is 12.5. The number of benzene rings is 2. The Balaban J connectivity index is 1.77. The monoisotopic (exact) mass is 466 g/mol. The van der Waals surface area contributed by atoms with Gasteiger partial charge in [0.2, 0.25) is 10.0 Å². The third-order valence-electron chi connectivity index (χ3n) is 5.54. The van der Waals surface area contributed by atoms with Gasteiger partial charge in [-0.15, -0.1) is 0 Å². The first-order chi connectivity index (χ1) is 15.5. The molecule has 7 nitrogen and oxygen atoms in total. The number of amides is 1. The second kappa shape index (κ2) is 9.62. The first kappa shape index (κ1) is 24.3. The summed E-state index contributed by atoms with van der Waals surface area (Å²) in [6, 6.07) is 15.2. The lowest BCUT2D eigenvalue weighted by atomic mass is 10.1. The molecule has 0 bridgehead atoms. The second-order valence-corrected chi connectivity index (χ2v) is 10.2. The van der Waals surface area contributed by atoms with E-state index in [4.69, 9.17) is 0 Å². The van der Waals surface area contributed by atoms with Crippen LogP contribution in [0.25, 0.3) is 5.69 Å². The summed E-state index contributed by atoms with van der Waals surface area (Å²) in [5, 5.41) is 4.08. The maximum absolute atomic E-state index is 12.5. The van der Waals surface area contributed by atoms with E-state index in [1.165, 1.54) is 11.1 Å². The number of anilines is 1. The molecule has 174 valence electrons. The highest BCUT2D eigenvalue weighted by atomic mass is 32.2. The Bertz CT molecular complexity index is 1290. The van der Waals surface area contributed by atoms with Gasteiger partial charge in [-0.25, -0.2) is 13.8 Å². The number of aromatic nitrogens is 1. The molecular weight excluding hydrogens is 436 g/mol. The number of rotatable bonds is 7. The molecule has 2 aromatic carbocycles. The van der Waals surface area contributed by atoms with Crippen molar-refractivity contribution in [3.8, 4) is 5.69 Å². The summed E-state index contributed by atoms with van der Waals surface area (Å²) in [5.41, 5.74) is 10.3. The van der Waals surface area contributed by atoms with E-state index in [1.54, 1.807) is 30.5 Å². The summed E-state index contributed by atoms with van der Waals surface area (Å²) in [4.78, 5) is 12.5. The molecule has 0 aliphatic heterocycles. The smallest absolute Gasteiger partial charge is 0.260 e. The zero-order valence-corrected chi connectivity index (χ0v) is 20.7. The van der Waals surface area contributed by atoms with Gasteiger partial charge in [0, 0.05) is 17.0 Å². The maximum Gasteiger partial charge on any atom is 0.260 e. The van der Waals surface area contributed by atoms with E-state index < -0.39 is 15.9 Å². The molecular formula is C25H30N4O3S. The molecule has 3 rings (SSSR count). The van der Waals surface area contributed by atoms with Crippen LogP contribution in [0, 0.1) is 34.6 Å². The zero-order chi connectivity index (χ0) is 24.3. The van der Waals surface area contributed by atoms with Crippen LogP contribution in [0.3, 0.4) is 0 Å². The van der Waals surface area contributed by atoms with Crippen molar-refractivity contribution in [2.45, 2.75) is 34.6 Å². The molecule has 8 heteroatoms. The molecule has 1 aromatic heterocycles. The van der Waals surface area contributed by atoms with Crippen LogP contribution in [-0.2, 0) is 14.8 Å². The lowest BCUT2D eigenvalue weighted by Crippen LogP contribution is -2.39. The number of hydrogen-bond acceptors (Lipinski definition) is 4. The van der Waals surface area contributed by atoms with Gasteiger partial charge in [0.1, 0.15) is 6.54 Å². The lowest BCUT2D eigenvalue weighted by molar-refractivity contribution is -0.119. The van der Waals surface area contributed by atoms with E-state index in [0.29, 0.717) is 5.69 Å². The first-order valence-electron chi connectivity index (χ1n) is 10.6. The highest BCUT2D eigenvalue weighted by Gasteiger charge is 2.20. The highest BCUT2D eigenvalue weighted by molar-refractivity contribution is 7.92.